The first-order chi connectivity index (χ1) is 14.4. The molecule has 0 bridgehead atoms. The first-order valence-corrected chi connectivity index (χ1v) is 12.8. The Kier molecular flexibility index (Phi) is 6.43. The molecular formula is C22H24ClN3O2S2. The van der Waals surface area contributed by atoms with Crippen molar-refractivity contribution in [2.24, 2.45) is 5.92 Å². The van der Waals surface area contributed by atoms with Crippen LogP contribution in [0.25, 0.3) is 0 Å². The molecule has 2 aromatic carbocycles. The van der Waals surface area contributed by atoms with Gasteiger partial charge in [-0.3, -0.25) is 4.90 Å². The third kappa shape index (κ3) is 5.03. The van der Waals surface area contributed by atoms with E-state index in [1.54, 1.807) is 23.7 Å². The lowest BCUT2D eigenvalue weighted by atomic mass is 10.1. The number of nitrogens with zero attached hydrogens (tertiary/aromatic N) is 2. The van der Waals surface area contributed by atoms with E-state index >= 15 is 0 Å². The van der Waals surface area contributed by atoms with E-state index < -0.39 is 9.84 Å². The summed E-state index contributed by atoms with van der Waals surface area (Å²) in [7, 11) is -3.48. The summed E-state index contributed by atoms with van der Waals surface area (Å²) in [5, 5.41) is 6.29. The van der Waals surface area contributed by atoms with Gasteiger partial charge in [0.25, 0.3) is 0 Å². The molecule has 30 heavy (non-hydrogen) atoms. The fraction of sp³-hybridized carbons (Fsp3) is 0.318. The van der Waals surface area contributed by atoms with Crippen LogP contribution in [0, 0.1) is 5.92 Å². The number of hydrogen-bond donors (Lipinski definition) is 1. The highest BCUT2D eigenvalue weighted by Gasteiger charge is 2.30. The van der Waals surface area contributed by atoms with Gasteiger partial charge in [-0.1, -0.05) is 48.9 Å². The van der Waals surface area contributed by atoms with Gasteiger partial charge in [0.2, 0.25) is 0 Å². The van der Waals surface area contributed by atoms with E-state index in [9.17, 15) is 8.42 Å². The monoisotopic (exact) mass is 461 g/mol. The van der Waals surface area contributed by atoms with Crippen LogP contribution in [0.3, 0.4) is 0 Å². The van der Waals surface area contributed by atoms with Crippen LogP contribution in [0.2, 0.25) is 5.02 Å². The van der Waals surface area contributed by atoms with Crippen LogP contribution in [0.1, 0.15) is 17.5 Å². The van der Waals surface area contributed by atoms with Crippen molar-refractivity contribution < 1.29 is 8.42 Å². The quantitative estimate of drug-likeness (QED) is 0.552. The molecule has 0 unspecified atom stereocenters. The van der Waals surface area contributed by atoms with Crippen molar-refractivity contribution in [1.29, 1.82) is 0 Å². The van der Waals surface area contributed by atoms with Crippen molar-refractivity contribution in [3.63, 3.8) is 0 Å². The molecule has 1 aliphatic heterocycles. The van der Waals surface area contributed by atoms with Gasteiger partial charge in [0.05, 0.1) is 15.6 Å². The number of halogens is 1. The first-order valence-electron chi connectivity index (χ1n) is 9.84. The van der Waals surface area contributed by atoms with Gasteiger partial charge in [0.1, 0.15) is 10.8 Å². The molecule has 1 saturated heterocycles. The van der Waals surface area contributed by atoms with Gasteiger partial charge in [-0.15, -0.1) is 11.3 Å². The normalized spacial score (nSPS) is 19.8. The third-order valence-corrected chi connectivity index (χ3v) is 8.28. The second kappa shape index (κ2) is 9.06. The van der Waals surface area contributed by atoms with Crippen LogP contribution >= 0.6 is 22.9 Å². The van der Waals surface area contributed by atoms with E-state index in [-0.39, 0.29) is 16.7 Å². The average molecular weight is 462 g/mol. The van der Waals surface area contributed by atoms with E-state index in [4.69, 9.17) is 11.6 Å². The van der Waals surface area contributed by atoms with Gasteiger partial charge in [-0.2, -0.15) is 0 Å². The summed E-state index contributed by atoms with van der Waals surface area (Å²) in [4.78, 5) is 6.72. The Balaban J connectivity index is 1.42. The largest absolute Gasteiger partial charge is 0.379 e. The smallest absolute Gasteiger partial charge is 0.184 e. The van der Waals surface area contributed by atoms with E-state index in [1.807, 2.05) is 6.07 Å². The number of sulfone groups is 1. The Bertz CT molecular complexity index is 1090. The van der Waals surface area contributed by atoms with Gasteiger partial charge in [0, 0.05) is 37.3 Å². The Morgan fingerprint density at radius 3 is 2.70 bits per heavy atom. The minimum absolute atomic E-state index is 0.109. The second-order valence-electron chi connectivity index (χ2n) is 7.73. The summed E-state index contributed by atoms with van der Waals surface area (Å²) in [6.45, 7) is 5.06. The highest BCUT2D eigenvalue weighted by molar-refractivity contribution is 7.90. The molecule has 158 valence electrons. The van der Waals surface area contributed by atoms with Crippen LogP contribution in [-0.2, 0) is 22.1 Å². The summed E-state index contributed by atoms with van der Waals surface area (Å²) in [6, 6.07) is 15.6. The maximum absolute atomic E-state index is 12.7. The number of aromatic nitrogens is 1. The van der Waals surface area contributed by atoms with Gasteiger partial charge >= 0.3 is 0 Å². The lowest BCUT2D eigenvalue weighted by Gasteiger charge is -2.20. The minimum Gasteiger partial charge on any atom is -0.379 e. The number of rotatable bonds is 7. The summed E-state index contributed by atoms with van der Waals surface area (Å²) in [5.74, 6) is 0.347. The Morgan fingerprint density at radius 2 is 2.00 bits per heavy atom. The van der Waals surface area contributed by atoms with Crippen molar-refractivity contribution in [1.82, 2.24) is 9.88 Å². The van der Waals surface area contributed by atoms with Crippen LogP contribution in [-0.4, -0.2) is 37.4 Å². The van der Waals surface area contributed by atoms with Crippen LogP contribution in [0.5, 0.6) is 0 Å². The fourth-order valence-corrected chi connectivity index (χ4v) is 6.38. The minimum atomic E-state index is -3.48. The number of likely N-dealkylation sites (tertiary alicyclic amines) is 1. The highest BCUT2D eigenvalue weighted by Crippen LogP contribution is 2.30. The SMILES string of the molecule is C[C@H]1CN(Cc2ccccc2)C[C@@H]1Nc1ccc(S(=O)(=O)Cc2nccs2)cc1Cl. The van der Waals surface area contributed by atoms with Crippen molar-refractivity contribution in [2.75, 3.05) is 18.4 Å². The summed E-state index contributed by atoms with van der Waals surface area (Å²) in [5.41, 5.74) is 2.07. The molecule has 0 amide bonds. The molecule has 0 saturated carbocycles. The lowest BCUT2D eigenvalue weighted by Crippen LogP contribution is -2.28. The van der Waals surface area contributed by atoms with Crippen molar-refractivity contribution in [3.8, 4) is 0 Å². The van der Waals surface area contributed by atoms with E-state index in [1.165, 1.54) is 23.0 Å². The zero-order valence-corrected chi connectivity index (χ0v) is 19.1. The third-order valence-electron chi connectivity index (χ3n) is 5.37. The summed E-state index contributed by atoms with van der Waals surface area (Å²) >= 11 is 7.79. The van der Waals surface area contributed by atoms with E-state index in [0.717, 1.165) is 25.3 Å². The Hall–Kier alpha value is -1.93. The van der Waals surface area contributed by atoms with Gasteiger partial charge in [0.15, 0.2) is 9.84 Å². The topological polar surface area (TPSA) is 62.3 Å². The van der Waals surface area contributed by atoms with E-state index in [2.05, 4.69) is 46.4 Å². The molecule has 8 heteroatoms. The summed E-state index contributed by atoms with van der Waals surface area (Å²) < 4.78 is 25.3. The maximum Gasteiger partial charge on any atom is 0.184 e. The highest BCUT2D eigenvalue weighted by atomic mass is 35.5. The van der Waals surface area contributed by atoms with Gasteiger partial charge in [-0.05, 0) is 29.7 Å². The maximum atomic E-state index is 12.7. The van der Waals surface area contributed by atoms with Crippen molar-refractivity contribution in [3.05, 3.63) is 75.7 Å². The zero-order chi connectivity index (χ0) is 21.1. The van der Waals surface area contributed by atoms with E-state index in [0.29, 0.717) is 15.9 Å². The molecule has 2 atom stereocenters. The predicted octanol–water partition coefficient (Wildman–Crippen LogP) is 4.70. The molecule has 1 fully saturated rings. The molecule has 1 aliphatic rings. The molecule has 2 heterocycles. The average Bonchev–Trinajstić information content (AvgIpc) is 3.33. The van der Waals surface area contributed by atoms with Crippen molar-refractivity contribution in [2.45, 2.75) is 30.2 Å². The van der Waals surface area contributed by atoms with Crippen LogP contribution in [0.4, 0.5) is 5.69 Å². The fourth-order valence-electron chi connectivity index (χ4n) is 3.80. The number of thiazole rings is 1. The second-order valence-corrected chi connectivity index (χ2v) is 11.1. The first kappa shape index (κ1) is 21.3. The van der Waals surface area contributed by atoms with Gasteiger partial charge < -0.3 is 5.32 Å². The lowest BCUT2D eigenvalue weighted by molar-refractivity contribution is 0.319. The number of benzene rings is 2. The van der Waals surface area contributed by atoms with Gasteiger partial charge in [-0.25, -0.2) is 13.4 Å². The molecule has 0 radical (unpaired) electrons. The molecule has 5 nitrogen and oxygen atoms in total. The summed E-state index contributed by atoms with van der Waals surface area (Å²) in [6.07, 6.45) is 1.61. The molecule has 4 rings (SSSR count). The molecule has 0 spiro atoms. The number of hydrogen-bond acceptors (Lipinski definition) is 6. The van der Waals surface area contributed by atoms with Crippen LogP contribution in [0.15, 0.2) is 65.0 Å². The predicted molar refractivity (Wildman–Crippen MR) is 123 cm³/mol. The van der Waals surface area contributed by atoms with Crippen molar-refractivity contribution >= 4 is 38.5 Å². The number of anilines is 1. The standard InChI is InChI=1S/C22H24ClN3O2S2/c1-16-12-26(13-17-5-3-2-4-6-17)14-21(16)25-20-8-7-18(11-19(20)23)30(27,28)15-22-24-9-10-29-22/h2-11,16,21,25H,12-15H2,1H3/t16-,21-/m0/s1. The molecule has 1 aromatic heterocycles. The van der Waals surface area contributed by atoms with Crippen LogP contribution < -0.4 is 5.32 Å². The number of nitrogens with one attached hydrogen (secondary N) is 1. The molecule has 0 aliphatic carbocycles. The molecule has 1 N–H and O–H groups in total. The Morgan fingerprint density at radius 1 is 1.20 bits per heavy atom. The zero-order valence-electron chi connectivity index (χ0n) is 16.7. The Labute approximate surface area is 186 Å². The molecule has 3 aromatic rings. The molecular weight excluding hydrogens is 438 g/mol.